The maximum atomic E-state index is 13.1. The number of para-hydroxylation sites is 1. The molecular formula is C26H33N3O2. The van der Waals surface area contributed by atoms with Crippen molar-refractivity contribution in [3.63, 3.8) is 0 Å². The lowest BCUT2D eigenvalue weighted by molar-refractivity contribution is 0.290. The molecule has 0 N–H and O–H groups in total. The predicted octanol–water partition coefficient (Wildman–Crippen LogP) is 5.65. The van der Waals surface area contributed by atoms with Gasteiger partial charge in [0.2, 0.25) is 0 Å². The van der Waals surface area contributed by atoms with Gasteiger partial charge in [-0.15, -0.1) is 0 Å². The van der Waals surface area contributed by atoms with Crippen molar-refractivity contribution in [1.82, 2.24) is 14.5 Å². The maximum absolute atomic E-state index is 13.1. The van der Waals surface area contributed by atoms with Gasteiger partial charge in [0.25, 0.3) is 5.56 Å². The summed E-state index contributed by atoms with van der Waals surface area (Å²) in [6.07, 6.45) is 3.34. The van der Waals surface area contributed by atoms with Crippen LogP contribution in [0.4, 0.5) is 0 Å². The molecule has 2 aromatic carbocycles. The first-order valence-electron chi connectivity index (χ1n) is 11.1. The summed E-state index contributed by atoms with van der Waals surface area (Å²) in [5, 5.41) is 0.659. The Bertz CT molecular complexity index is 1090. The van der Waals surface area contributed by atoms with Gasteiger partial charge in [-0.1, -0.05) is 38.5 Å². The Morgan fingerprint density at radius 3 is 2.48 bits per heavy atom. The van der Waals surface area contributed by atoms with Gasteiger partial charge in [-0.2, -0.15) is 0 Å². The van der Waals surface area contributed by atoms with Crippen molar-refractivity contribution < 1.29 is 4.74 Å². The second-order valence-corrected chi connectivity index (χ2v) is 7.79. The van der Waals surface area contributed by atoms with Crippen LogP contribution in [0.25, 0.3) is 16.6 Å². The molecule has 1 unspecified atom stereocenters. The lowest BCUT2D eigenvalue weighted by atomic mass is 10.1. The minimum Gasteiger partial charge on any atom is -0.497 e. The Balaban J connectivity index is 2.04. The molecule has 0 spiro atoms. The van der Waals surface area contributed by atoms with E-state index in [0.717, 1.165) is 54.2 Å². The zero-order chi connectivity index (χ0) is 22.4. The van der Waals surface area contributed by atoms with Gasteiger partial charge in [0.05, 0.1) is 24.1 Å². The van der Waals surface area contributed by atoms with Crippen LogP contribution in [0.2, 0.25) is 0 Å². The van der Waals surface area contributed by atoms with E-state index >= 15 is 0 Å². The van der Waals surface area contributed by atoms with Crippen molar-refractivity contribution >= 4 is 16.6 Å². The largest absolute Gasteiger partial charge is 0.497 e. The van der Waals surface area contributed by atoms with Crippen molar-refractivity contribution in [2.24, 2.45) is 0 Å². The number of benzene rings is 2. The number of hydrogen-bond acceptors (Lipinski definition) is 4. The van der Waals surface area contributed by atoms with E-state index in [9.17, 15) is 4.79 Å². The first-order valence-corrected chi connectivity index (χ1v) is 11.1. The number of hydrogen-bond donors (Lipinski definition) is 0. The quantitative estimate of drug-likeness (QED) is 0.399. The van der Waals surface area contributed by atoms with E-state index in [1.54, 1.807) is 11.7 Å². The summed E-state index contributed by atoms with van der Waals surface area (Å²) in [6, 6.07) is 15.4. The van der Waals surface area contributed by atoms with E-state index in [4.69, 9.17) is 9.72 Å². The maximum Gasteiger partial charge on any atom is 0.261 e. The van der Waals surface area contributed by atoms with E-state index < -0.39 is 0 Å². The van der Waals surface area contributed by atoms with Crippen molar-refractivity contribution in [2.45, 2.75) is 52.6 Å². The Hall–Kier alpha value is -3.08. The molecule has 5 heteroatoms. The zero-order valence-electron chi connectivity index (χ0n) is 19.1. The lowest BCUT2D eigenvalue weighted by Gasteiger charge is -2.34. The third kappa shape index (κ3) is 4.82. The van der Waals surface area contributed by atoms with Crippen LogP contribution in [0.3, 0.4) is 0 Å². The van der Waals surface area contributed by atoms with Gasteiger partial charge >= 0.3 is 0 Å². The number of rotatable bonds is 10. The SMILES string of the molecule is C=C(c1ccc(OC)cc1)N(CCCCC)C(C)c1nc2ccccc2c(=O)n1CC. The van der Waals surface area contributed by atoms with Gasteiger partial charge in [-0.25, -0.2) is 4.98 Å². The van der Waals surface area contributed by atoms with Crippen molar-refractivity contribution in [2.75, 3.05) is 13.7 Å². The highest BCUT2D eigenvalue weighted by Gasteiger charge is 2.23. The van der Waals surface area contributed by atoms with Crippen LogP contribution in [-0.4, -0.2) is 28.1 Å². The second kappa shape index (κ2) is 10.3. The topological polar surface area (TPSA) is 47.4 Å². The highest BCUT2D eigenvalue weighted by atomic mass is 16.5. The van der Waals surface area contributed by atoms with Crippen molar-refractivity contribution in [1.29, 1.82) is 0 Å². The summed E-state index contributed by atoms with van der Waals surface area (Å²) >= 11 is 0. The molecule has 1 aromatic heterocycles. The molecule has 0 aliphatic carbocycles. The molecule has 1 atom stereocenters. The summed E-state index contributed by atoms with van der Waals surface area (Å²) in [5.74, 6) is 1.59. The molecule has 31 heavy (non-hydrogen) atoms. The summed E-state index contributed by atoms with van der Waals surface area (Å²) in [7, 11) is 1.67. The molecule has 5 nitrogen and oxygen atoms in total. The molecule has 0 bridgehead atoms. The molecule has 0 radical (unpaired) electrons. The van der Waals surface area contributed by atoms with Crippen LogP contribution in [0.15, 0.2) is 59.9 Å². The summed E-state index contributed by atoms with van der Waals surface area (Å²) < 4.78 is 7.09. The molecule has 0 amide bonds. The van der Waals surface area contributed by atoms with Crippen LogP contribution < -0.4 is 10.3 Å². The average Bonchev–Trinajstić information content (AvgIpc) is 2.81. The number of methoxy groups -OCH3 is 1. The minimum atomic E-state index is -0.0938. The summed E-state index contributed by atoms with van der Waals surface area (Å²) in [5.41, 5.74) is 2.72. The number of fused-ring (bicyclic) bond motifs is 1. The van der Waals surface area contributed by atoms with Gasteiger partial charge in [-0.05, 0) is 62.2 Å². The Kier molecular flexibility index (Phi) is 7.50. The van der Waals surface area contributed by atoms with Gasteiger partial charge < -0.3 is 9.64 Å². The standard InChI is InChI=1S/C26H33N3O2/c1-6-8-11-18-29(19(3)21-14-16-22(31-5)17-15-21)20(4)25-27-24-13-10-9-12-23(24)26(30)28(25)7-2/h9-10,12-17,20H,3,6-8,11,18H2,1-2,4-5H3. The van der Waals surface area contributed by atoms with E-state index in [1.807, 2.05) is 55.5 Å². The lowest BCUT2D eigenvalue weighted by Crippen LogP contribution is -2.33. The van der Waals surface area contributed by atoms with Gasteiger partial charge in [0, 0.05) is 18.8 Å². The van der Waals surface area contributed by atoms with E-state index in [0.29, 0.717) is 11.9 Å². The zero-order valence-corrected chi connectivity index (χ0v) is 19.1. The first-order chi connectivity index (χ1) is 15.0. The number of ether oxygens (including phenoxy) is 1. The van der Waals surface area contributed by atoms with Crippen molar-refractivity contribution in [3.05, 3.63) is 76.9 Å². The van der Waals surface area contributed by atoms with Crippen LogP contribution in [-0.2, 0) is 6.54 Å². The smallest absolute Gasteiger partial charge is 0.261 e. The molecule has 0 saturated carbocycles. The van der Waals surface area contributed by atoms with Gasteiger partial charge in [0.1, 0.15) is 11.6 Å². The first kappa shape index (κ1) is 22.6. The third-order valence-electron chi connectivity index (χ3n) is 5.82. The fourth-order valence-corrected chi connectivity index (χ4v) is 3.99. The van der Waals surface area contributed by atoms with Gasteiger partial charge in [-0.3, -0.25) is 9.36 Å². The summed E-state index contributed by atoms with van der Waals surface area (Å²) in [6.45, 7) is 12.2. The van der Waals surface area contributed by atoms with E-state index in [-0.39, 0.29) is 11.6 Å². The third-order valence-corrected chi connectivity index (χ3v) is 5.82. The highest BCUT2D eigenvalue weighted by molar-refractivity contribution is 5.77. The van der Waals surface area contributed by atoms with Gasteiger partial charge in [0.15, 0.2) is 0 Å². The van der Waals surface area contributed by atoms with Crippen LogP contribution in [0, 0.1) is 0 Å². The molecule has 164 valence electrons. The summed E-state index contributed by atoms with van der Waals surface area (Å²) in [4.78, 5) is 20.3. The molecular weight excluding hydrogens is 386 g/mol. The number of aromatic nitrogens is 2. The molecule has 0 saturated heterocycles. The Morgan fingerprint density at radius 1 is 1.13 bits per heavy atom. The molecule has 0 fully saturated rings. The minimum absolute atomic E-state index is 0.0125. The molecule has 1 heterocycles. The molecule has 3 rings (SSSR count). The molecule has 0 aliphatic rings. The fraction of sp³-hybridized carbons (Fsp3) is 0.385. The van der Waals surface area contributed by atoms with Crippen molar-refractivity contribution in [3.8, 4) is 5.75 Å². The predicted molar refractivity (Wildman–Crippen MR) is 128 cm³/mol. The van der Waals surface area contributed by atoms with E-state index in [1.165, 1.54) is 0 Å². The Labute approximate surface area is 185 Å². The highest BCUT2D eigenvalue weighted by Crippen LogP contribution is 2.30. The van der Waals surface area contributed by atoms with Crippen LogP contribution in [0.1, 0.15) is 57.5 Å². The van der Waals surface area contributed by atoms with Crippen LogP contribution in [0.5, 0.6) is 5.75 Å². The fourth-order valence-electron chi connectivity index (χ4n) is 3.99. The van der Waals surface area contributed by atoms with Crippen LogP contribution >= 0.6 is 0 Å². The monoisotopic (exact) mass is 419 g/mol. The normalized spacial score (nSPS) is 12.0. The number of unbranched alkanes of at least 4 members (excludes halogenated alkanes) is 2. The van der Waals surface area contributed by atoms with E-state index in [2.05, 4.69) is 25.3 Å². The molecule has 0 aliphatic heterocycles. The molecule has 3 aromatic rings. The Morgan fingerprint density at radius 2 is 1.84 bits per heavy atom. The second-order valence-electron chi connectivity index (χ2n) is 7.79. The number of nitrogens with zero attached hydrogens (tertiary/aromatic N) is 3. The average molecular weight is 420 g/mol.